The summed E-state index contributed by atoms with van der Waals surface area (Å²) in [5.74, 6) is 0. The normalized spacial score (nSPS) is 19.5. The Morgan fingerprint density at radius 2 is 0.611 bits per heavy atom. The van der Waals surface area contributed by atoms with Gasteiger partial charge in [-0.05, 0) is 0 Å². The smallest absolute Gasteiger partial charge is 0.440 e. The van der Waals surface area contributed by atoms with Gasteiger partial charge < -0.3 is 13.7 Å². The van der Waals surface area contributed by atoms with Crippen LogP contribution in [0.3, 0.4) is 0 Å². The van der Waals surface area contributed by atoms with Crippen molar-refractivity contribution in [1.29, 1.82) is 0 Å². The molecular weight excluding hydrogens is 287 g/mol. The fourth-order valence-corrected chi connectivity index (χ4v) is 0.896. The summed E-state index contributed by atoms with van der Waals surface area (Å²) in [6.45, 7) is 0. The van der Waals surface area contributed by atoms with Gasteiger partial charge in [-0.3, -0.25) is 0 Å². The lowest BCUT2D eigenvalue weighted by Gasteiger charge is -2.32. The van der Waals surface area contributed by atoms with Gasteiger partial charge in [0.25, 0.3) is 0 Å². The first kappa shape index (κ1) is 15.5. The third-order valence-electron chi connectivity index (χ3n) is 1.54. The molecule has 0 aromatic heterocycles. The molecule has 15 heteroatoms. The molecule has 0 saturated carbocycles. The highest BCUT2D eigenvalue weighted by Crippen LogP contribution is 2.34. The van der Waals surface area contributed by atoms with Crippen LogP contribution in [0, 0.1) is 0 Å². The van der Waals surface area contributed by atoms with Gasteiger partial charge in [0.1, 0.15) is 0 Å². The molecule has 102 valence electrons. The zero-order chi connectivity index (χ0) is 14.4. The first-order chi connectivity index (χ1) is 7.82. The maximum Gasteiger partial charge on any atom is 0.552 e. The van der Waals surface area contributed by atoms with Gasteiger partial charge in [-0.2, -0.15) is 39.5 Å². The molecule has 0 unspecified atom stereocenters. The van der Waals surface area contributed by atoms with E-state index < -0.39 is 39.6 Å². The van der Waals surface area contributed by atoms with Crippen LogP contribution >= 0.6 is 0 Å². The molecule has 3 nitrogen and oxygen atoms in total. The highest BCUT2D eigenvalue weighted by atomic mass is 19.4. The Kier molecular flexibility index (Phi) is 3.90. The largest absolute Gasteiger partial charge is 0.552 e. The Labute approximate surface area is 94.0 Å². The van der Waals surface area contributed by atoms with Crippen molar-refractivity contribution in [3.63, 3.8) is 0 Å². The van der Waals surface area contributed by atoms with Crippen LogP contribution in [-0.4, -0.2) is 39.6 Å². The van der Waals surface area contributed by atoms with E-state index in [0.717, 1.165) is 0 Å². The first-order valence-electron chi connectivity index (χ1n) is 3.98. The molecule has 0 spiro atoms. The van der Waals surface area contributed by atoms with Gasteiger partial charge in [-0.15, -0.1) is 0 Å². The van der Waals surface area contributed by atoms with Gasteiger partial charge in [0, 0.05) is 0 Å². The zero-order valence-corrected chi connectivity index (χ0v) is 7.86. The standard InChI is InChI=1S/C3B3F9O3/c7-1(8,9)4-16-5(2(10,11)12)18-6(17-4)3(13,14)15. The lowest BCUT2D eigenvalue weighted by molar-refractivity contribution is -0.113. The summed E-state index contributed by atoms with van der Waals surface area (Å²) in [6.07, 6.45) is -16.7. The van der Waals surface area contributed by atoms with Crippen molar-refractivity contribution in [2.45, 2.75) is 18.2 Å². The molecule has 1 heterocycles. The summed E-state index contributed by atoms with van der Waals surface area (Å²) in [7, 11) is -11.0. The molecule has 1 saturated heterocycles. The van der Waals surface area contributed by atoms with Crippen LogP contribution in [0.4, 0.5) is 39.5 Å². The number of hydrogen-bond acceptors (Lipinski definition) is 3. The maximum absolute atomic E-state index is 12.0. The summed E-state index contributed by atoms with van der Waals surface area (Å²) in [5, 5.41) is 0. The highest BCUT2D eigenvalue weighted by molar-refractivity contribution is 6.75. The Balaban J connectivity index is 2.93. The number of alkyl halides is 9. The summed E-state index contributed by atoms with van der Waals surface area (Å²) >= 11 is 0. The molecule has 0 aromatic rings. The number of hydrogen-bond donors (Lipinski definition) is 0. The predicted octanol–water partition coefficient (Wildman–Crippen LogP) is 1.82. The van der Waals surface area contributed by atoms with Gasteiger partial charge >= 0.3 is 39.6 Å². The van der Waals surface area contributed by atoms with Crippen LogP contribution in [0.1, 0.15) is 0 Å². The van der Waals surface area contributed by atoms with Gasteiger partial charge in [0.2, 0.25) is 0 Å². The monoisotopic (exact) mass is 288 g/mol. The molecule has 0 radical (unpaired) electrons. The lowest BCUT2D eigenvalue weighted by Crippen LogP contribution is -2.63. The molecule has 0 bridgehead atoms. The number of rotatable bonds is 0. The Morgan fingerprint density at radius 3 is 0.722 bits per heavy atom. The average molecular weight is 287 g/mol. The molecule has 0 N–H and O–H groups in total. The van der Waals surface area contributed by atoms with E-state index in [1.807, 2.05) is 0 Å². The minimum absolute atomic E-state index is 3.25. The van der Waals surface area contributed by atoms with E-state index in [1.54, 1.807) is 0 Å². The molecule has 0 amide bonds. The predicted molar refractivity (Wildman–Crippen MR) is 38.7 cm³/mol. The van der Waals surface area contributed by atoms with Gasteiger partial charge in [0.05, 0.1) is 0 Å². The van der Waals surface area contributed by atoms with Gasteiger partial charge in [0.15, 0.2) is 0 Å². The van der Waals surface area contributed by atoms with Gasteiger partial charge in [-0.1, -0.05) is 0 Å². The van der Waals surface area contributed by atoms with E-state index in [9.17, 15) is 39.5 Å². The molecule has 0 aliphatic carbocycles. The van der Waals surface area contributed by atoms with Crippen LogP contribution in [0.5, 0.6) is 0 Å². The average Bonchev–Trinajstić information content (AvgIpc) is 2.13. The Bertz CT molecular complexity index is 245. The van der Waals surface area contributed by atoms with E-state index >= 15 is 0 Å². The van der Waals surface area contributed by atoms with Crippen molar-refractivity contribution in [2.24, 2.45) is 0 Å². The van der Waals surface area contributed by atoms with Crippen LogP contribution in [0.15, 0.2) is 0 Å². The summed E-state index contributed by atoms with van der Waals surface area (Å²) in [6, 6.07) is 0. The van der Waals surface area contributed by atoms with Crippen LogP contribution in [-0.2, 0) is 13.7 Å². The molecule has 1 aliphatic rings. The second kappa shape index (κ2) is 4.52. The van der Waals surface area contributed by atoms with Crippen molar-refractivity contribution in [3.8, 4) is 0 Å². The highest BCUT2D eigenvalue weighted by Gasteiger charge is 2.68. The minimum atomic E-state index is -5.56. The molecule has 0 atom stereocenters. The molecular formula is C3B3F9O3. The minimum Gasteiger partial charge on any atom is -0.440 e. The van der Waals surface area contributed by atoms with Crippen molar-refractivity contribution < 1.29 is 53.2 Å². The fourth-order valence-electron chi connectivity index (χ4n) is 0.896. The molecule has 0 aromatic carbocycles. The summed E-state index contributed by atoms with van der Waals surface area (Å²) in [5.41, 5.74) is 0. The molecule has 1 aliphatic heterocycles. The topological polar surface area (TPSA) is 27.7 Å². The Morgan fingerprint density at radius 1 is 0.444 bits per heavy atom. The van der Waals surface area contributed by atoms with Crippen molar-refractivity contribution >= 4 is 21.4 Å². The Hall–Kier alpha value is -0.555. The molecule has 18 heavy (non-hydrogen) atoms. The third-order valence-corrected chi connectivity index (χ3v) is 1.54. The van der Waals surface area contributed by atoms with Crippen LogP contribution in [0.2, 0.25) is 0 Å². The van der Waals surface area contributed by atoms with E-state index in [4.69, 9.17) is 0 Å². The van der Waals surface area contributed by atoms with Crippen molar-refractivity contribution in [2.75, 3.05) is 0 Å². The van der Waals surface area contributed by atoms with E-state index in [-0.39, 0.29) is 0 Å². The van der Waals surface area contributed by atoms with E-state index in [1.165, 1.54) is 0 Å². The summed E-state index contributed by atoms with van der Waals surface area (Å²) < 4.78 is 118. The van der Waals surface area contributed by atoms with Crippen molar-refractivity contribution in [1.82, 2.24) is 0 Å². The fraction of sp³-hybridized carbons (Fsp3) is 1.00. The van der Waals surface area contributed by atoms with Gasteiger partial charge in [-0.25, -0.2) is 0 Å². The van der Waals surface area contributed by atoms with E-state index in [2.05, 4.69) is 13.7 Å². The quantitative estimate of drug-likeness (QED) is 0.502. The van der Waals surface area contributed by atoms with Crippen molar-refractivity contribution in [3.05, 3.63) is 0 Å². The van der Waals surface area contributed by atoms with Crippen LogP contribution < -0.4 is 0 Å². The second-order valence-corrected chi connectivity index (χ2v) is 3.03. The maximum atomic E-state index is 12.0. The first-order valence-corrected chi connectivity index (χ1v) is 3.98. The zero-order valence-electron chi connectivity index (χ0n) is 7.86. The second-order valence-electron chi connectivity index (χ2n) is 3.03. The van der Waals surface area contributed by atoms with Crippen LogP contribution in [0.25, 0.3) is 0 Å². The van der Waals surface area contributed by atoms with E-state index in [0.29, 0.717) is 0 Å². The molecule has 1 rings (SSSR count). The third kappa shape index (κ3) is 3.72. The SMILES string of the molecule is FC(F)(F)B1OB(C(F)(F)F)OB(C(F)(F)F)O1. The summed E-state index contributed by atoms with van der Waals surface area (Å²) in [4.78, 5) is 0. The lowest BCUT2D eigenvalue weighted by atomic mass is 9.68. The molecule has 1 fully saturated rings. The number of halogens is 9.